The van der Waals surface area contributed by atoms with Crippen LogP contribution in [0.4, 0.5) is 10.1 Å². The summed E-state index contributed by atoms with van der Waals surface area (Å²) in [4.78, 5) is 14.5. The van der Waals surface area contributed by atoms with Crippen molar-refractivity contribution in [1.29, 1.82) is 0 Å². The Labute approximate surface area is 148 Å². The Hall–Kier alpha value is -1.38. The van der Waals surface area contributed by atoms with Gasteiger partial charge in [0.15, 0.2) is 0 Å². The van der Waals surface area contributed by atoms with Crippen molar-refractivity contribution in [2.24, 2.45) is 0 Å². The topological polar surface area (TPSA) is 78.5 Å². The summed E-state index contributed by atoms with van der Waals surface area (Å²) in [7, 11) is -3.61. The summed E-state index contributed by atoms with van der Waals surface area (Å²) >= 11 is 0. The fourth-order valence-electron chi connectivity index (χ4n) is 2.70. The minimum absolute atomic E-state index is 0. The van der Waals surface area contributed by atoms with E-state index in [0.29, 0.717) is 6.54 Å². The van der Waals surface area contributed by atoms with Crippen molar-refractivity contribution in [3.05, 3.63) is 29.6 Å². The van der Waals surface area contributed by atoms with Crippen LogP contribution in [-0.2, 0) is 10.0 Å². The molecule has 24 heavy (non-hydrogen) atoms. The van der Waals surface area contributed by atoms with E-state index >= 15 is 0 Å². The standard InChI is InChI=1S/C15H22FN3O3S.ClH/c1-3-8-19(12-6-7-17-10-12)15(20)11-4-5-13(16)14(9-11)18-23(2,21)22;/h4-5,9,12,17-18H,3,6-8,10H2,1-2H3;1H. The van der Waals surface area contributed by atoms with Crippen LogP contribution in [0.15, 0.2) is 18.2 Å². The van der Waals surface area contributed by atoms with Gasteiger partial charge in [-0.3, -0.25) is 9.52 Å². The highest BCUT2D eigenvalue weighted by molar-refractivity contribution is 7.92. The van der Waals surface area contributed by atoms with Gasteiger partial charge in [-0.1, -0.05) is 6.92 Å². The van der Waals surface area contributed by atoms with Crippen LogP contribution in [0.2, 0.25) is 0 Å². The second kappa shape index (κ2) is 8.64. The highest BCUT2D eigenvalue weighted by atomic mass is 35.5. The first kappa shape index (κ1) is 20.7. The zero-order chi connectivity index (χ0) is 17.0. The van der Waals surface area contributed by atoms with E-state index in [2.05, 4.69) is 10.0 Å². The van der Waals surface area contributed by atoms with Gasteiger partial charge in [-0.2, -0.15) is 0 Å². The lowest BCUT2D eigenvalue weighted by molar-refractivity contribution is 0.0692. The van der Waals surface area contributed by atoms with E-state index < -0.39 is 15.8 Å². The molecule has 1 aromatic rings. The lowest BCUT2D eigenvalue weighted by Crippen LogP contribution is -2.42. The monoisotopic (exact) mass is 379 g/mol. The molecule has 0 radical (unpaired) electrons. The highest BCUT2D eigenvalue weighted by Gasteiger charge is 2.27. The number of halogens is 2. The Balaban J connectivity index is 0.00000288. The molecule has 136 valence electrons. The fourth-order valence-corrected chi connectivity index (χ4v) is 3.25. The molecule has 1 fully saturated rings. The van der Waals surface area contributed by atoms with Gasteiger partial charge in [0.05, 0.1) is 11.9 Å². The molecule has 1 saturated heterocycles. The second-order valence-electron chi connectivity index (χ2n) is 5.71. The summed E-state index contributed by atoms with van der Waals surface area (Å²) in [5, 5.41) is 3.22. The molecule has 0 aromatic heterocycles. The molecule has 0 bridgehead atoms. The molecule has 1 amide bonds. The Morgan fingerprint density at radius 3 is 2.71 bits per heavy atom. The van der Waals surface area contributed by atoms with Crippen LogP contribution in [0.3, 0.4) is 0 Å². The summed E-state index contributed by atoms with van der Waals surface area (Å²) in [5.74, 6) is -0.923. The van der Waals surface area contributed by atoms with Gasteiger partial charge in [-0.05, 0) is 37.6 Å². The number of nitrogens with one attached hydrogen (secondary N) is 2. The number of benzene rings is 1. The third-order valence-electron chi connectivity index (χ3n) is 3.71. The smallest absolute Gasteiger partial charge is 0.254 e. The van der Waals surface area contributed by atoms with E-state index in [1.807, 2.05) is 6.92 Å². The molecule has 1 atom stereocenters. The number of carbonyl (C=O) groups is 1. The number of hydrogen-bond acceptors (Lipinski definition) is 4. The van der Waals surface area contributed by atoms with Crippen molar-refractivity contribution in [3.8, 4) is 0 Å². The van der Waals surface area contributed by atoms with Crippen molar-refractivity contribution in [1.82, 2.24) is 10.2 Å². The third kappa shape index (κ3) is 5.32. The Kier molecular flexibility index (Phi) is 7.44. The maximum Gasteiger partial charge on any atom is 0.254 e. The normalized spacial score (nSPS) is 17.2. The summed E-state index contributed by atoms with van der Waals surface area (Å²) < 4.78 is 38.4. The minimum Gasteiger partial charge on any atom is -0.334 e. The quantitative estimate of drug-likeness (QED) is 0.790. The van der Waals surface area contributed by atoms with Crippen LogP contribution in [0.25, 0.3) is 0 Å². The molecule has 0 spiro atoms. The first-order valence-electron chi connectivity index (χ1n) is 7.61. The molecule has 2 N–H and O–H groups in total. The van der Waals surface area contributed by atoms with E-state index in [0.717, 1.165) is 38.3 Å². The van der Waals surface area contributed by atoms with Gasteiger partial charge in [0.25, 0.3) is 5.91 Å². The largest absolute Gasteiger partial charge is 0.334 e. The van der Waals surface area contributed by atoms with Gasteiger partial charge >= 0.3 is 0 Å². The molecule has 6 nitrogen and oxygen atoms in total. The van der Waals surface area contributed by atoms with Crippen LogP contribution in [0, 0.1) is 5.82 Å². The van der Waals surface area contributed by atoms with Crippen molar-refractivity contribution in [2.75, 3.05) is 30.6 Å². The van der Waals surface area contributed by atoms with E-state index in [-0.39, 0.29) is 35.6 Å². The van der Waals surface area contributed by atoms with Crippen molar-refractivity contribution < 1.29 is 17.6 Å². The van der Waals surface area contributed by atoms with E-state index in [9.17, 15) is 17.6 Å². The SMILES string of the molecule is CCCN(C(=O)c1ccc(F)c(NS(C)(=O)=O)c1)C1CCNC1.Cl. The minimum atomic E-state index is -3.61. The molecule has 1 aromatic carbocycles. The molecule has 9 heteroatoms. The highest BCUT2D eigenvalue weighted by Crippen LogP contribution is 2.20. The third-order valence-corrected chi connectivity index (χ3v) is 4.30. The Morgan fingerprint density at radius 2 is 2.17 bits per heavy atom. The van der Waals surface area contributed by atoms with E-state index in [4.69, 9.17) is 0 Å². The fraction of sp³-hybridized carbons (Fsp3) is 0.533. The molecule has 0 aliphatic carbocycles. The zero-order valence-corrected chi connectivity index (χ0v) is 15.3. The molecule has 1 aliphatic rings. The molecule has 2 rings (SSSR count). The van der Waals surface area contributed by atoms with Crippen LogP contribution < -0.4 is 10.0 Å². The predicted octanol–water partition coefficient (Wildman–Crippen LogP) is 1.83. The van der Waals surface area contributed by atoms with Crippen LogP contribution >= 0.6 is 12.4 Å². The van der Waals surface area contributed by atoms with Crippen LogP contribution in [0.1, 0.15) is 30.1 Å². The van der Waals surface area contributed by atoms with Gasteiger partial charge in [-0.25, -0.2) is 12.8 Å². The average Bonchev–Trinajstić information content (AvgIpc) is 2.99. The number of carbonyl (C=O) groups excluding carboxylic acids is 1. The molecule has 0 saturated carbocycles. The van der Waals surface area contributed by atoms with Gasteiger partial charge in [0.2, 0.25) is 10.0 Å². The lowest BCUT2D eigenvalue weighted by atomic mass is 10.1. The first-order valence-corrected chi connectivity index (χ1v) is 9.50. The van der Waals surface area contributed by atoms with Crippen molar-refractivity contribution in [2.45, 2.75) is 25.8 Å². The summed E-state index contributed by atoms with van der Waals surface area (Å²) in [6, 6.07) is 3.86. The molecular weight excluding hydrogens is 357 g/mol. The molecule has 1 unspecified atom stereocenters. The zero-order valence-electron chi connectivity index (χ0n) is 13.7. The molecular formula is C15H23ClFN3O3S. The summed E-state index contributed by atoms with van der Waals surface area (Å²) in [5.41, 5.74) is 0.0669. The molecule has 1 heterocycles. The summed E-state index contributed by atoms with van der Waals surface area (Å²) in [6.07, 6.45) is 2.63. The predicted molar refractivity (Wildman–Crippen MR) is 94.7 cm³/mol. The number of rotatable bonds is 6. The number of nitrogens with zero attached hydrogens (tertiary/aromatic N) is 1. The lowest BCUT2D eigenvalue weighted by Gasteiger charge is -2.28. The first-order chi connectivity index (χ1) is 10.8. The van der Waals surface area contributed by atoms with Gasteiger partial charge < -0.3 is 10.2 Å². The Bertz CT molecular complexity index is 679. The van der Waals surface area contributed by atoms with Gasteiger partial charge in [0, 0.05) is 24.7 Å². The van der Waals surface area contributed by atoms with E-state index in [1.54, 1.807) is 4.90 Å². The van der Waals surface area contributed by atoms with Gasteiger partial charge in [0.1, 0.15) is 5.82 Å². The summed E-state index contributed by atoms with van der Waals surface area (Å²) in [6.45, 7) is 4.20. The van der Waals surface area contributed by atoms with Gasteiger partial charge in [-0.15, -0.1) is 12.4 Å². The maximum atomic E-state index is 13.8. The van der Waals surface area contributed by atoms with Crippen LogP contribution in [0.5, 0.6) is 0 Å². The Morgan fingerprint density at radius 1 is 1.46 bits per heavy atom. The number of amides is 1. The number of sulfonamides is 1. The van der Waals surface area contributed by atoms with Crippen molar-refractivity contribution in [3.63, 3.8) is 0 Å². The number of anilines is 1. The second-order valence-corrected chi connectivity index (χ2v) is 7.46. The molecule has 1 aliphatic heterocycles. The van der Waals surface area contributed by atoms with Crippen molar-refractivity contribution >= 4 is 34.0 Å². The number of hydrogen-bond donors (Lipinski definition) is 2. The average molecular weight is 380 g/mol. The van der Waals surface area contributed by atoms with Crippen LogP contribution in [-0.4, -0.2) is 51.2 Å². The van der Waals surface area contributed by atoms with E-state index in [1.165, 1.54) is 12.1 Å². The maximum absolute atomic E-state index is 13.8.